The van der Waals surface area contributed by atoms with E-state index in [4.69, 9.17) is 9.47 Å². The van der Waals surface area contributed by atoms with E-state index in [1.54, 1.807) is 19.4 Å². The predicted molar refractivity (Wildman–Crippen MR) is 121 cm³/mol. The molecule has 0 aliphatic carbocycles. The topological polar surface area (TPSA) is 88.3 Å². The lowest BCUT2D eigenvalue weighted by Gasteiger charge is -2.23. The number of amides is 1. The molecule has 34 heavy (non-hydrogen) atoms. The molecule has 180 valence electrons. The highest BCUT2D eigenvalue weighted by molar-refractivity contribution is 6.06. The fourth-order valence-electron chi connectivity index (χ4n) is 3.69. The number of rotatable bonds is 7. The molecular formula is C24H25F3N4O3. The summed E-state index contributed by atoms with van der Waals surface area (Å²) in [4.78, 5) is 20.1. The van der Waals surface area contributed by atoms with E-state index in [0.717, 1.165) is 6.07 Å². The molecule has 2 aromatic heterocycles. The molecule has 1 aliphatic rings. The fraction of sp³-hybridized carbons (Fsp3) is 0.333. The first-order valence-electron chi connectivity index (χ1n) is 10.7. The van der Waals surface area contributed by atoms with Gasteiger partial charge < -0.3 is 25.1 Å². The van der Waals surface area contributed by atoms with E-state index in [1.165, 1.54) is 24.4 Å². The van der Waals surface area contributed by atoms with Crippen LogP contribution in [0, 0.1) is 0 Å². The van der Waals surface area contributed by atoms with E-state index in [-0.39, 0.29) is 29.5 Å². The molecule has 0 saturated heterocycles. The number of alkyl halides is 3. The molecule has 0 bridgehead atoms. The van der Waals surface area contributed by atoms with Gasteiger partial charge in [-0.25, -0.2) is 0 Å². The molecule has 4 rings (SSSR count). The monoisotopic (exact) mass is 474 g/mol. The van der Waals surface area contributed by atoms with Crippen molar-refractivity contribution in [2.45, 2.75) is 32.0 Å². The molecule has 3 heterocycles. The average Bonchev–Trinajstić information content (AvgIpc) is 3.17. The second-order valence-corrected chi connectivity index (χ2v) is 8.53. The lowest BCUT2D eigenvalue weighted by atomic mass is 10.0. The molecule has 3 N–H and O–H groups in total. The van der Waals surface area contributed by atoms with Crippen molar-refractivity contribution in [1.82, 2.24) is 15.3 Å². The number of carbonyl (C=O) groups excluding carboxylic acids is 1. The summed E-state index contributed by atoms with van der Waals surface area (Å²) in [6.45, 7) is 4.36. The predicted octanol–water partition coefficient (Wildman–Crippen LogP) is 4.93. The molecule has 0 radical (unpaired) electrons. The minimum atomic E-state index is -4.57. The molecule has 1 amide bonds. The smallest absolute Gasteiger partial charge is 0.418 e. The van der Waals surface area contributed by atoms with Crippen molar-refractivity contribution >= 4 is 17.3 Å². The zero-order valence-corrected chi connectivity index (χ0v) is 19.0. The maximum Gasteiger partial charge on any atom is 0.418 e. The number of benzene rings is 1. The van der Waals surface area contributed by atoms with Crippen molar-refractivity contribution in [2.24, 2.45) is 0 Å². The Morgan fingerprint density at radius 3 is 2.68 bits per heavy atom. The zero-order valence-electron chi connectivity index (χ0n) is 19.0. The van der Waals surface area contributed by atoms with Crippen LogP contribution in [-0.4, -0.2) is 41.7 Å². The molecule has 0 fully saturated rings. The molecule has 0 spiro atoms. The van der Waals surface area contributed by atoms with Crippen LogP contribution in [0.1, 0.15) is 35.5 Å². The number of pyridine rings is 1. The Hall–Kier alpha value is -3.53. The van der Waals surface area contributed by atoms with Crippen LogP contribution in [0.5, 0.6) is 5.75 Å². The van der Waals surface area contributed by atoms with Gasteiger partial charge in [0.15, 0.2) is 0 Å². The highest BCUT2D eigenvalue weighted by Gasteiger charge is 2.35. The number of ether oxygens (including phenoxy) is 2. The summed E-state index contributed by atoms with van der Waals surface area (Å²) in [6.07, 6.45) is -0.987. The quantitative estimate of drug-likeness (QED) is 0.452. The number of carbonyl (C=O) groups is 1. The number of aromatic nitrogens is 2. The lowest BCUT2D eigenvalue weighted by molar-refractivity contribution is -0.136. The highest BCUT2D eigenvalue weighted by Crippen LogP contribution is 2.42. The highest BCUT2D eigenvalue weighted by atomic mass is 19.4. The van der Waals surface area contributed by atoms with Crippen LogP contribution in [0.4, 0.5) is 24.5 Å². The van der Waals surface area contributed by atoms with Crippen LogP contribution in [-0.2, 0) is 17.3 Å². The number of aromatic amines is 1. The number of H-pyrrole nitrogens is 1. The molecule has 0 atom stereocenters. The number of methoxy groups -OCH3 is 1. The van der Waals surface area contributed by atoms with Crippen LogP contribution in [0.3, 0.4) is 0 Å². The van der Waals surface area contributed by atoms with Crippen molar-refractivity contribution in [3.8, 4) is 17.0 Å². The van der Waals surface area contributed by atoms with E-state index in [0.29, 0.717) is 35.7 Å². The summed E-state index contributed by atoms with van der Waals surface area (Å²) in [5.41, 5.74) is 0.570. The van der Waals surface area contributed by atoms with Crippen molar-refractivity contribution in [3.63, 3.8) is 0 Å². The standard InChI is InChI=1S/C24H25F3N4O3/c1-23(2,33-3)13-34-18-12-28-10-8-14(18)20-21(19-17(31-20)9-11-29-22(19)32)30-16-7-5-4-6-15(16)24(25,26)27/h4-8,10,12,30-31H,9,11,13H2,1-3H3,(H,29,32). The summed E-state index contributed by atoms with van der Waals surface area (Å²) in [6, 6.07) is 6.84. The van der Waals surface area contributed by atoms with Gasteiger partial charge in [0.1, 0.15) is 12.4 Å². The van der Waals surface area contributed by atoms with Gasteiger partial charge in [0, 0.05) is 37.5 Å². The number of halogens is 3. The van der Waals surface area contributed by atoms with Gasteiger partial charge in [-0.05, 0) is 32.0 Å². The first-order chi connectivity index (χ1) is 16.1. The second-order valence-electron chi connectivity index (χ2n) is 8.53. The van der Waals surface area contributed by atoms with Gasteiger partial charge in [0.2, 0.25) is 0 Å². The Balaban J connectivity index is 1.84. The Labute approximate surface area is 194 Å². The van der Waals surface area contributed by atoms with E-state index in [9.17, 15) is 18.0 Å². The van der Waals surface area contributed by atoms with Gasteiger partial charge in [-0.3, -0.25) is 9.78 Å². The van der Waals surface area contributed by atoms with Crippen LogP contribution in [0.2, 0.25) is 0 Å². The van der Waals surface area contributed by atoms with Crippen LogP contribution < -0.4 is 15.4 Å². The molecule has 1 aromatic carbocycles. The van der Waals surface area contributed by atoms with Crippen molar-refractivity contribution in [2.75, 3.05) is 25.6 Å². The number of fused-ring (bicyclic) bond motifs is 1. The van der Waals surface area contributed by atoms with Crippen LogP contribution in [0.15, 0.2) is 42.7 Å². The van der Waals surface area contributed by atoms with E-state index in [1.807, 2.05) is 13.8 Å². The third-order valence-electron chi connectivity index (χ3n) is 5.64. The molecule has 0 saturated carbocycles. The summed E-state index contributed by atoms with van der Waals surface area (Å²) < 4.78 is 52.4. The minimum Gasteiger partial charge on any atom is -0.488 e. The molecule has 7 nitrogen and oxygen atoms in total. The Bertz CT molecular complexity index is 1200. The van der Waals surface area contributed by atoms with Gasteiger partial charge in [0.25, 0.3) is 5.91 Å². The maximum atomic E-state index is 13.7. The van der Waals surface area contributed by atoms with E-state index < -0.39 is 17.3 Å². The fourth-order valence-corrected chi connectivity index (χ4v) is 3.69. The number of nitrogens with one attached hydrogen (secondary N) is 3. The number of nitrogens with zero attached hydrogens (tertiary/aromatic N) is 1. The Morgan fingerprint density at radius 2 is 1.94 bits per heavy atom. The summed E-state index contributed by atoms with van der Waals surface area (Å²) >= 11 is 0. The van der Waals surface area contributed by atoms with Crippen LogP contribution in [0.25, 0.3) is 11.3 Å². The molecule has 3 aromatic rings. The molecule has 1 aliphatic heterocycles. The third kappa shape index (κ3) is 4.72. The Kier molecular flexibility index (Phi) is 6.26. The van der Waals surface area contributed by atoms with Gasteiger partial charge in [-0.15, -0.1) is 0 Å². The normalized spacial score (nSPS) is 13.9. The van der Waals surface area contributed by atoms with Gasteiger partial charge in [-0.2, -0.15) is 13.2 Å². The molecule has 0 unspecified atom stereocenters. The van der Waals surface area contributed by atoms with Gasteiger partial charge in [0.05, 0.1) is 40.0 Å². The van der Waals surface area contributed by atoms with E-state index >= 15 is 0 Å². The SMILES string of the molecule is COC(C)(C)COc1cnccc1-c1[nH]c2c(c1Nc1ccccc1C(F)(F)F)C(=O)NCC2. The second kappa shape index (κ2) is 9.02. The summed E-state index contributed by atoms with van der Waals surface area (Å²) in [5, 5.41) is 5.64. The summed E-state index contributed by atoms with van der Waals surface area (Å²) in [7, 11) is 1.57. The average molecular weight is 474 g/mol. The first-order valence-corrected chi connectivity index (χ1v) is 10.7. The van der Waals surface area contributed by atoms with Crippen molar-refractivity contribution < 1.29 is 27.4 Å². The number of hydrogen-bond acceptors (Lipinski definition) is 5. The van der Waals surface area contributed by atoms with Crippen LogP contribution >= 0.6 is 0 Å². The lowest BCUT2D eigenvalue weighted by Crippen LogP contribution is -2.31. The largest absolute Gasteiger partial charge is 0.488 e. The minimum absolute atomic E-state index is 0.159. The Morgan fingerprint density at radius 1 is 1.18 bits per heavy atom. The van der Waals surface area contributed by atoms with E-state index in [2.05, 4.69) is 20.6 Å². The summed E-state index contributed by atoms with van der Waals surface area (Å²) in [5.74, 6) is 0.0339. The van der Waals surface area contributed by atoms with Crippen molar-refractivity contribution in [3.05, 3.63) is 59.5 Å². The number of hydrogen-bond donors (Lipinski definition) is 3. The van der Waals surface area contributed by atoms with Gasteiger partial charge in [-0.1, -0.05) is 12.1 Å². The van der Waals surface area contributed by atoms with Gasteiger partial charge >= 0.3 is 6.18 Å². The first kappa shape index (κ1) is 23.6. The maximum absolute atomic E-state index is 13.7. The zero-order chi connectivity index (χ0) is 24.5. The van der Waals surface area contributed by atoms with Crippen molar-refractivity contribution in [1.29, 1.82) is 0 Å². The third-order valence-corrected chi connectivity index (χ3v) is 5.64. The molecule has 10 heteroatoms. The molecular weight excluding hydrogens is 449 g/mol. The number of anilines is 2. The number of para-hydroxylation sites is 1.